The van der Waals surface area contributed by atoms with Crippen molar-refractivity contribution in [1.82, 2.24) is 39.3 Å². The first-order valence-corrected chi connectivity index (χ1v) is 14.5. The standard InChI is InChI=1S/C29H27Cl2N9O3/c1-17-3-2-4-25(22-11-18(7-8-32-22)28-23(35-29(17)43)14-34-39(28)9-10-41)38-16-33-21(13-27(38)42)20-12-19(30)5-6-24(20)40-15-26(31)36-37-40/h5-8,11-17,25,41H,2-4,9-10H2,1H3,(H,35,43)/t17-,25+/m1/s1. The lowest BCUT2D eigenvalue weighted by atomic mass is 9.97. The van der Waals surface area contributed by atoms with E-state index >= 15 is 0 Å². The third kappa shape index (κ3) is 5.81. The molecule has 0 unspecified atom stereocenters. The second-order valence-corrected chi connectivity index (χ2v) is 11.2. The summed E-state index contributed by atoms with van der Waals surface area (Å²) in [4.78, 5) is 36.1. The zero-order valence-electron chi connectivity index (χ0n) is 23.1. The molecule has 14 heteroatoms. The Labute approximate surface area is 255 Å². The van der Waals surface area contributed by atoms with Crippen LogP contribution in [0.4, 0.5) is 5.69 Å². The molecular weight excluding hydrogens is 593 g/mol. The molecule has 2 bridgehead atoms. The number of aliphatic hydroxyl groups excluding tert-OH is 1. The fourth-order valence-corrected chi connectivity index (χ4v) is 5.62. The minimum Gasteiger partial charge on any atom is -0.394 e. The van der Waals surface area contributed by atoms with Crippen molar-refractivity contribution in [3.05, 3.63) is 87.5 Å². The van der Waals surface area contributed by atoms with Gasteiger partial charge in [0.1, 0.15) is 0 Å². The number of pyridine rings is 1. The van der Waals surface area contributed by atoms with Crippen LogP contribution in [0.2, 0.25) is 10.2 Å². The quantitative estimate of drug-likeness (QED) is 0.294. The zero-order chi connectivity index (χ0) is 30.1. The van der Waals surface area contributed by atoms with Crippen LogP contribution in [0.3, 0.4) is 0 Å². The van der Waals surface area contributed by atoms with Gasteiger partial charge in [-0.3, -0.25) is 23.8 Å². The highest BCUT2D eigenvalue weighted by Gasteiger charge is 2.24. The lowest BCUT2D eigenvalue weighted by Crippen LogP contribution is -2.27. The summed E-state index contributed by atoms with van der Waals surface area (Å²) in [6, 6.07) is 9.88. The van der Waals surface area contributed by atoms with Gasteiger partial charge in [0.15, 0.2) is 5.15 Å². The minimum absolute atomic E-state index is 0.120. The Kier molecular flexibility index (Phi) is 8.06. The van der Waals surface area contributed by atoms with E-state index in [1.54, 1.807) is 46.0 Å². The summed E-state index contributed by atoms with van der Waals surface area (Å²) < 4.78 is 4.71. The van der Waals surface area contributed by atoms with Crippen LogP contribution in [0.1, 0.15) is 37.9 Å². The van der Waals surface area contributed by atoms with E-state index in [2.05, 4.69) is 30.7 Å². The molecule has 5 aromatic rings. The van der Waals surface area contributed by atoms with Gasteiger partial charge in [-0.05, 0) is 43.2 Å². The van der Waals surface area contributed by atoms with Gasteiger partial charge in [0, 0.05) is 34.3 Å². The van der Waals surface area contributed by atoms with Gasteiger partial charge < -0.3 is 10.4 Å². The number of carbonyl (C=O) groups is 1. The first-order chi connectivity index (χ1) is 20.8. The Bertz CT molecular complexity index is 1870. The smallest absolute Gasteiger partial charge is 0.254 e. The number of halogens is 2. The van der Waals surface area contributed by atoms with Gasteiger partial charge >= 0.3 is 0 Å². The molecule has 0 fully saturated rings. The summed E-state index contributed by atoms with van der Waals surface area (Å²) >= 11 is 12.3. The van der Waals surface area contributed by atoms with Crippen LogP contribution >= 0.6 is 23.2 Å². The van der Waals surface area contributed by atoms with Crippen molar-refractivity contribution < 1.29 is 9.90 Å². The van der Waals surface area contributed by atoms with Crippen molar-refractivity contribution in [1.29, 1.82) is 0 Å². The Hall–Kier alpha value is -4.39. The molecule has 4 aromatic heterocycles. The largest absolute Gasteiger partial charge is 0.394 e. The molecule has 1 amide bonds. The highest BCUT2D eigenvalue weighted by Crippen LogP contribution is 2.33. The van der Waals surface area contributed by atoms with Crippen molar-refractivity contribution >= 4 is 34.8 Å². The molecule has 1 aliphatic rings. The van der Waals surface area contributed by atoms with E-state index in [1.165, 1.54) is 17.1 Å². The molecule has 43 heavy (non-hydrogen) atoms. The molecule has 1 aliphatic heterocycles. The molecule has 0 radical (unpaired) electrons. The molecule has 0 saturated heterocycles. The van der Waals surface area contributed by atoms with E-state index in [-0.39, 0.29) is 35.7 Å². The fourth-order valence-electron chi connectivity index (χ4n) is 5.32. The molecular formula is C29H27Cl2N9O3. The van der Waals surface area contributed by atoms with E-state index in [0.717, 1.165) is 5.56 Å². The molecule has 1 aromatic carbocycles. The molecule has 2 N–H and O–H groups in total. The number of nitrogens with zero attached hydrogens (tertiary/aromatic N) is 8. The molecule has 6 rings (SSSR count). The Morgan fingerprint density at radius 2 is 1.95 bits per heavy atom. The molecule has 220 valence electrons. The van der Waals surface area contributed by atoms with Crippen LogP contribution in [-0.2, 0) is 11.3 Å². The number of hydrogen-bond acceptors (Lipinski definition) is 8. The lowest BCUT2D eigenvalue weighted by molar-refractivity contribution is -0.119. The Morgan fingerprint density at radius 3 is 2.72 bits per heavy atom. The fraction of sp³-hybridized carbons (Fsp3) is 0.276. The first kappa shape index (κ1) is 28.7. The number of carbonyl (C=O) groups excluding carboxylic acids is 1. The van der Waals surface area contributed by atoms with Gasteiger partial charge in [-0.1, -0.05) is 41.8 Å². The summed E-state index contributed by atoms with van der Waals surface area (Å²) in [6.07, 6.45) is 8.15. The molecule has 12 nitrogen and oxygen atoms in total. The summed E-state index contributed by atoms with van der Waals surface area (Å²) in [5.41, 5.74) is 3.93. The predicted octanol–water partition coefficient (Wildman–Crippen LogP) is 4.40. The van der Waals surface area contributed by atoms with Gasteiger partial charge in [-0.2, -0.15) is 5.10 Å². The zero-order valence-corrected chi connectivity index (χ0v) is 24.6. The highest BCUT2D eigenvalue weighted by atomic mass is 35.5. The number of benzene rings is 1. The summed E-state index contributed by atoms with van der Waals surface area (Å²) in [7, 11) is 0. The summed E-state index contributed by atoms with van der Waals surface area (Å²) in [6.45, 7) is 2.00. The maximum atomic E-state index is 13.7. The second kappa shape index (κ2) is 12.1. The highest BCUT2D eigenvalue weighted by molar-refractivity contribution is 6.31. The van der Waals surface area contributed by atoms with Gasteiger partial charge in [-0.25, -0.2) is 9.67 Å². The van der Waals surface area contributed by atoms with E-state index in [4.69, 9.17) is 23.2 Å². The van der Waals surface area contributed by atoms with Crippen molar-refractivity contribution in [3.8, 4) is 28.2 Å². The molecule has 2 atom stereocenters. The molecule has 0 spiro atoms. The third-order valence-corrected chi connectivity index (χ3v) is 7.89. The van der Waals surface area contributed by atoms with Crippen molar-refractivity contribution in [3.63, 3.8) is 0 Å². The van der Waals surface area contributed by atoms with Gasteiger partial charge in [0.25, 0.3) is 5.56 Å². The molecule has 0 saturated carbocycles. The number of rotatable bonds is 5. The maximum Gasteiger partial charge on any atom is 0.254 e. The van der Waals surface area contributed by atoms with Crippen LogP contribution in [0.25, 0.3) is 28.2 Å². The third-order valence-electron chi connectivity index (χ3n) is 7.49. The SMILES string of the molecule is C[C@@H]1CCC[C@H](n2cnc(-c3cc(Cl)ccc3-n3cc(Cl)nn3)cc2=O)c2cc(ccn2)-c2c(cnn2CCO)NC1=O. The average molecular weight is 621 g/mol. The van der Waals surface area contributed by atoms with Crippen LogP contribution in [0, 0.1) is 5.92 Å². The number of aliphatic hydroxyl groups is 1. The number of fused-ring (bicyclic) bond motifs is 4. The first-order valence-electron chi connectivity index (χ1n) is 13.7. The average Bonchev–Trinajstić information content (AvgIpc) is 3.61. The number of anilines is 1. The minimum atomic E-state index is -0.450. The van der Waals surface area contributed by atoms with Gasteiger partial charge in [0.2, 0.25) is 5.91 Å². The van der Waals surface area contributed by atoms with Crippen LogP contribution in [-0.4, -0.2) is 56.9 Å². The number of nitrogens with one attached hydrogen (secondary N) is 1. The van der Waals surface area contributed by atoms with Crippen LogP contribution in [0.5, 0.6) is 0 Å². The predicted molar refractivity (Wildman–Crippen MR) is 161 cm³/mol. The number of amides is 1. The Morgan fingerprint density at radius 1 is 1.09 bits per heavy atom. The van der Waals surface area contributed by atoms with Crippen LogP contribution < -0.4 is 10.9 Å². The van der Waals surface area contributed by atoms with E-state index in [9.17, 15) is 14.7 Å². The monoisotopic (exact) mass is 619 g/mol. The normalized spacial score (nSPS) is 17.1. The van der Waals surface area contributed by atoms with Crippen LogP contribution in [0.15, 0.2) is 66.1 Å². The van der Waals surface area contributed by atoms with Gasteiger partial charge in [-0.15, -0.1) is 5.10 Å². The number of aromatic nitrogens is 8. The summed E-state index contributed by atoms with van der Waals surface area (Å²) in [5.74, 6) is -0.394. The Balaban J connectivity index is 1.44. The van der Waals surface area contributed by atoms with Crippen molar-refractivity contribution in [2.45, 2.75) is 38.8 Å². The number of hydrogen-bond donors (Lipinski definition) is 2. The second-order valence-electron chi connectivity index (χ2n) is 10.3. The van der Waals surface area contributed by atoms with Crippen molar-refractivity contribution in [2.24, 2.45) is 5.92 Å². The van der Waals surface area contributed by atoms with E-state index in [0.29, 0.717) is 58.3 Å². The van der Waals surface area contributed by atoms with Crippen molar-refractivity contribution in [2.75, 3.05) is 11.9 Å². The van der Waals surface area contributed by atoms with E-state index in [1.807, 2.05) is 19.1 Å². The van der Waals surface area contributed by atoms with Gasteiger partial charge in [0.05, 0.1) is 66.4 Å². The maximum absolute atomic E-state index is 13.7. The summed E-state index contributed by atoms with van der Waals surface area (Å²) in [5, 5.41) is 25.6. The van der Waals surface area contributed by atoms with E-state index < -0.39 is 6.04 Å². The lowest BCUT2D eigenvalue weighted by Gasteiger charge is -2.22. The molecule has 5 heterocycles. The molecule has 0 aliphatic carbocycles. The topological polar surface area (TPSA) is 146 Å².